The maximum atomic E-state index is 12.2. The van der Waals surface area contributed by atoms with Crippen LogP contribution >= 0.6 is 0 Å². The third-order valence-corrected chi connectivity index (χ3v) is 2.30. The first-order valence-corrected chi connectivity index (χ1v) is 4.66. The Kier molecular flexibility index (Phi) is 3.59. The molecule has 0 saturated heterocycles. The number of carbonyl (C=O) groups is 1. The first-order chi connectivity index (χ1) is 6.86. The van der Waals surface area contributed by atoms with Crippen LogP contribution in [0.4, 0.5) is 13.2 Å². The number of carbonyl (C=O) groups excluding carboxylic acids is 1. The number of alkyl halides is 3. The summed E-state index contributed by atoms with van der Waals surface area (Å²) in [4.78, 5) is 11.1. The van der Waals surface area contributed by atoms with Crippen molar-refractivity contribution in [3.05, 3.63) is 0 Å². The van der Waals surface area contributed by atoms with Crippen molar-refractivity contribution >= 4 is 5.97 Å². The van der Waals surface area contributed by atoms with Crippen LogP contribution in [0.2, 0.25) is 0 Å². The van der Waals surface area contributed by atoms with Crippen LogP contribution in [0, 0.1) is 5.92 Å². The van der Waals surface area contributed by atoms with Crippen molar-refractivity contribution in [2.75, 3.05) is 7.11 Å². The molecule has 0 spiro atoms. The van der Waals surface area contributed by atoms with Crippen LogP contribution in [0.25, 0.3) is 0 Å². The average molecular weight is 226 g/mol. The molecule has 0 amide bonds. The summed E-state index contributed by atoms with van der Waals surface area (Å²) >= 11 is 0. The number of ether oxygens (including phenoxy) is 2. The van der Waals surface area contributed by atoms with Crippen molar-refractivity contribution in [3.8, 4) is 0 Å². The number of esters is 1. The maximum Gasteiger partial charge on any atom is 0.414 e. The van der Waals surface area contributed by atoms with E-state index in [1.807, 2.05) is 0 Å². The molecule has 2 atom stereocenters. The largest absolute Gasteiger partial charge is 0.467 e. The zero-order valence-electron chi connectivity index (χ0n) is 8.50. The Morgan fingerprint density at radius 2 is 1.93 bits per heavy atom. The summed E-state index contributed by atoms with van der Waals surface area (Å²) in [7, 11) is 1.14. The molecule has 1 aliphatic rings. The molecule has 1 saturated carbocycles. The Morgan fingerprint density at radius 1 is 1.40 bits per heavy atom. The highest BCUT2D eigenvalue weighted by Crippen LogP contribution is 2.37. The predicted molar refractivity (Wildman–Crippen MR) is 45.1 cm³/mol. The molecule has 3 nitrogen and oxygen atoms in total. The van der Waals surface area contributed by atoms with Gasteiger partial charge in [-0.05, 0) is 25.7 Å². The molecule has 0 bridgehead atoms. The van der Waals surface area contributed by atoms with Crippen LogP contribution in [0.5, 0.6) is 0 Å². The summed E-state index contributed by atoms with van der Waals surface area (Å²) < 4.78 is 45.6. The Labute approximate surface area is 85.5 Å². The van der Waals surface area contributed by atoms with Crippen LogP contribution in [0.3, 0.4) is 0 Å². The van der Waals surface area contributed by atoms with Crippen molar-refractivity contribution < 1.29 is 27.4 Å². The van der Waals surface area contributed by atoms with E-state index in [9.17, 15) is 18.0 Å². The van der Waals surface area contributed by atoms with Crippen LogP contribution < -0.4 is 0 Å². The van der Waals surface area contributed by atoms with Crippen LogP contribution in [-0.2, 0) is 14.3 Å². The number of hydrogen-bond donors (Lipinski definition) is 0. The van der Waals surface area contributed by atoms with Gasteiger partial charge in [0.25, 0.3) is 0 Å². The lowest BCUT2D eigenvalue weighted by molar-refractivity contribution is -0.231. The topological polar surface area (TPSA) is 35.5 Å². The van der Waals surface area contributed by atoms with Crippen molar-refractivity contribution in [1.29, 1.82) is 0 Å². The lowest BCUT2D eigenvalue weighted by Gasteiger charge is -2.22. The Bertz CT molecular complexity index is 235. The molecule has 1 rings (SSSR count). The number of rotatable bonds is 4. The lowest BCUT2D eigenvalue weighted by atomic mass is 10.2. The number of methoxy groups -OCH3 is 1. The first kappa shape index (κ1) is 12.3. The molecule has 0 aromatic carbocycles. The zero-order chi connectivity index (χ0) is 11.6. The minimum Gasteiger partial charge on any atom is -0.467 e. The van der Waals surface area contributed by atoms with Crippen molar-refractivity contribution in [2.45, 2.75) is 38.1 Å². The fourth-order valence-electron chi connectivity index (χ4n) is 1.17. The molecule has 1 fully saturated rings. The summed E-state index contributed by atoms with van der Waals surface area (Å²) in [6.07, 6.45) is -6.04. The highest BCUT2D eigenvalue weighted by Gasteiger charge is 2.45. The van der Waals surface area contributed by atoms with Crippen molar-refractivity contribution in [1.82, 2.24) is 0 Å². The predicted octanol–water partition coefficient (Wildman–Crippen LogP) is 1.91. The molecule has 1 aliphatic carbocycles. The summed E-state index contributed by atoms with van der Waals surface area (Å²) in [6.45, 7) is 0.887. The molecule has 0 aliphatic heterocycles. The lowest BCUT2D eigenvalue weighted by Crippen LogP contribution is -2.38. The molecule has 88 valence electrons. The van der Waals surface area contributed by atoms with Gasteiger partial charge in [-0.1, -0.05) is 0 Å². The summed E-state index contributed by atoms with van der Waals surface area (Å²) in [5.41, 5.74) is 0. The van der Waals surface area contributed by atoms with Gasteiger partial charge in [-0.15, -0.1) is 0 Å². The Hall–Kier alpha value is -0.780. The van der Waals surface area contributed by atoms with Gasteiger partial charge in [0.05, 0.1) is 7.11 Å². The van der Waals surface area contributed by atoms with E-state index in [2.05, 4.69) is 4.74 Å². The van der Waals surface area contributed by atoms with Crippen LogP contribution in [0.1, 0.15) is 19.8 Å². The Morgan fingerprint density at radius 3 is 2.27 bits per heavy atom. The molecule has 0 aromatic rings. The Balaban J connectivity index is 2.55. The number of hydrogen-bond acceptors (Lipinski definition) is 3. The molecule has 2 unspecified atom stereocenters. The second kappa shape index (κ2) is 4.38. The zero-order valence-corrected chi connectivity index (χ0v) is 8.50. The van der Waals surface area contributed by atoms with Gasteiger partial charge in [-0.2, -0.15) is 13.2 Å². The highest BCUT2D eigenvalue weighted by molar-refractivity contribution is 5.75. The van der Waals surface area contributed by atoms with E-state index in [1.165, 1.54) is 0 Å². The molecule has 15 heavy (non-hydrogen) atoms. The number of halogens is 3. The minimum atomic E-state index is -4.44. The molecule has 0 heterocycles. The first-order valence-electron chi connectivity index (χ1n) is 4.66. The van der Waals surface area contributed by atoms with E-state index in [0.717, 1.165) is 14.0 Å². The van der Waals surface area contributed by atoms with E-state index in [0.29, 0.717) is 12.8 Å². The van der Waals surface area contributed by atoms with Crippen LogP contribution in [0.15, 0.2) is 0 Å². The van der Waals surface area contributed by atoms with Gasteiger partial charge >= 0.3 is 12.1 Å². The van der Waals surface area contributed by atoms with Crippen molar-refractivity contribution in [2.24, 2.45) is 5.92 Å². The third-order valence-electron chi connectivity index (χ3n) is 2.30. The van der Waals surface area contributed by atoms with Gasteiger partial charge in [0, 0.05) is 0 Å². The van der Waals surface area contributed by atoms with Gasteiger partial charge in [0.1, 0.15) is 0 Å². The SMILES string of the molecule is COC(=O)C(OC(C)C(F)(F)F)C1CC1. The van der Waals surface area contributed by atoms with Gasteiger partial charge in [0.15, 0.2) is 12.2 Å². The smallest absolute Gasteiger partial charge is 0.414 e. The normalized spacial score (nSPS) is 20.9. The monoisotopic (exact) mass is 226 g/mol. The van der Waals surface area contributed by atoms with E-state index in [-0.39, 0.29) is 5.92 Å². The van der Waals surface area contributed by atoms with E-state index >= 15 is 0 Å². The quantitative estimate of drug-likeness (QED) is 0.687. The highest BCUT2D eigenvalue weighted by atomic mass is 19.4. The van der Waals surface area contributed by atoms with E-state index in [1.54, 1.807) is 0 Å². The molecular weight excluding hydrogens is 213 g/mol. The van der Waals surface area contributed by atoms with E-state index < -0.39 is 24.4 Å². The summed E-state index contributed by atoms with van der Waals surface area (Å²) in [6, 6.07) is 0. The molecule has 6 heteroatoms. The second-order valence-corrected chi connectivity index (χ2v) is 3.60. The van der Waals surface area contributed by atoms with Crippen molar-refractivity contribution in [3.63, 3.8) is 0 Å². The summed E-state index contributed by atoms with van der Waals surface area (Å²) in [5.74, 6) is -0.851. The average Bonchev–Trinajstić information content (AvgIpc) is 2.94. The van der Waals surface area contributed by atoms with Gasteiger partial charge in [-0.25, -0.2) is 4.79 Å². The molecular formula is C9H13F3O3. The minimum absolute atomic E-state index is 0.123. The van der Waals surface area contributed by atoms with E-state index in [4.69, 9.17) is 4.74 Å². The molecule has 0 radical (unpaired) electrons. The molecule has 0 N–H and O–H groups in total. The fraction of sp³-hybridized carbons (Fsp3) is 0.889. The standard InChI is InChI=1S/C9H13F3O3/c1-5(9(10,11)12)15-7(6-3-4-6)8(13)14-2/h5-7H,3-4H2,1-2H3. The molecule has 0 aromatic heterocycles. The second-order valence-electron chi connectivity index (χ2n) is 3.60. The van der Waals surface area contributed by atoms with Gasteiger partial charge < -0.3 is 9.47 Å². The van der Waals surface area contributed by atoms with Gasteiger partial charge in [0.2, 0.25) is 0 Å². The maximum absolute atomic E-state index is 12.2. The fourth-order valence-corrected chi connectivity index (χ4v) is 1.17. The third kappa shape index (κ3) is 3.37. The van der Waals surface area contributed by atoms with Gasteiger partial charge in [-0.3, -0.25) is 0 Å². The van der Waals surface area contributed by atoms with Crippen LogP contribution in [-0.4, -0.2) is 31.5 Å². The summed E-state index contributed by atoms with van der Waals surface area (Å²) in [5, 5.41) is 0.